The van der Waals surface area contributed by atoms with Crippen LogP contribution in [0.4, 0.5) is 8.78 Å². The average Bonchev–Trinajstić information content (AvgIpc) is 2.42. The highest BCUT2D eigenvalue weighted by Crippen LogP contribution is 2.41. The predicted octanol–water partition coefficient (Wildman–Crippen LogP) is 4.86. The van der Waals surface area contributed by atoms with Crippen LogP contribution in [-0.4, -0.2) is 12.5 Å². The van der Waals surface area contributed by atoms with Gasteiger partial charge in [0.25, 0.3) is 0 Å². The van der Waals surface area contributed by atoms with Gasteiger partial charge in [-0.2, -0.15) is 0 Å². The van der Waals surface area contributed by atoms with Crippen LogP contribution in [0.5, 0.6) is 0 Å². The molecule has 1 atom stereocenters. The summed E-state index contributed by atoms with van der Waals surface area (Å²) in [5.74, 6) is -2.13. The topological polar surface area (TPSA) is 12.0 Å². The second kappa shape index (κ2) is 6.66. The van der Waals surface area contributed by atoms with Gasteiger partial charge in [0.15, 0.2) is 0 Å². The van der Waals surface area contributed by atoms with Gasteiger partial charge in [0.1, 0.15) is 0 Å². The van der Waals surface area contributed by atoms with Gasteiger partial charge in [0.2, 0.25) is 5.92 Å². The van der Waals surface area contributed by atoms with E-state index in [4.69, 9.17) is 0 Å². The van der Waals surface area contributed by atoms with E-state index in [2.05, 4.69) is 31.3 Å². The fraction of sp³-hybridized carbons (Fsp3) is 0.647. The summed E-state index contributed by atoms with van der Waals surface area (Å²) in [6.07, 6.45) is 2.36. The molecule has 3 heteroatoms. The number of nitrogens with one attached hydrogen (secondary N) is 1. The van der Waals surface area contributed by atoms with Crippen LogP contribution in [0, 0.1) is 12.8 Å². The lowest BCUT2D eigenvalue weighted by molar-refractivity contribution is -0.0497. The summed E-state index contributed by atoms with van der Waals surface area (Å²) >= 11 is 0. The standard InChI is InChI=1S/C17H25F2N/c1-3-12-20-16(15-7-5-4-6-13(15)2)14-8-10-17(18,19)11-9-14/h4-7,14,16,20H,3,8-12H2,1-2H3. The highest BCUT2D eigenvalue weighted by molar-refractivity contribution is 5.29. The Labute approximate surface area is 120 Å². The number of hydrogen-bond acceptors (Lipinski definition) is 1. The van der Waals surface area contributed by atoms with Crippen molar-refractivity contribution in [2.45, 2.75) is 57.9 Å². The minimum absolute atomic E-state index is 0.0356. The molecule has 1 fully saturated rings. The van der Waals surface area contributed by atoms with Gasteiger partial charge < -0.3 is 5.32 Å². The molecule has 112 valence electrons. The van der Waals surface area contributed by atoms with Gasteiger partial charge in [-0.05, 0) is 49.8 Å². The average molecular weight is 281 g/mol. The minimum Gasteiger partial charge on any atom is -0.310 e. The quantitative estimate of drug-likeness (QED) is 0.812. The zero-order chi connectivity index (χ0) is 14.6. The number of benzene rings is 1. The third-order valence-electron chi connectivity index (χ3n) is 4.37. The van der Waals surface area contributed by atoms with Crippen LogP contribution < -0.4 is 5.32 Å². The highest BCUT2D eigenvalue weighted by Gasteiger charge is 2.38. The number of hydrogen-bond donors (Lipinski definition) is 1. The summed E-state index contributed by atoms with van der Waals surface area (Å²) in [5.41, 5.74) is 2.52. The van der Waals surface area contributed by atoms with E-state index in [1.165, 1.54) is 11.1 Å². The van der Waals surface area contributed by atoms with Crippen LogP contribution in [0.15, 0.2) is 24.3 Å². The molecule has 0 bridgehead atoms. The van der Waals surface area contributed by atoms with E-state index >= 15 is 0 Å². The predicted molar refractivity (Wildman–Crippen MR) is 79.1 cm³/mol. The Morgan fingerprint density at radius 3 is 2.50 bits per heavy atom. The Kier molecular flexibility index (Phi) is 5.14. The van der Waals surface area contributed by atoms with Gasteiger partial charge in [0, 0.05) is 18.9 Å². The van der Waals surface area contributed by atoms with E-state index in [9.17, 15) is 8.78 Å². The fourth-order valence-electron chi connectivity index (χ4n) is 3.16. The van der Waals surface area contributed by atoms with Crippen LogP contribution in [0.1, 0.15) is 56.2 Å². The molecule has 1 aromatic rings. The van der Waals surface area contributed by atoms with Gasteiger partial charge in [-0.3, -0.25) is 0 Å². The Morgan fingerprint density at radius 1 is 1.25 bits per heavy atom. The summed E-state index contributed by atoms with van der Waals surface area (Å²) in [6, 6.07) is 8.53. The zero-order valence-electron chi connectivity index (χ0n) is 12.5. The molecule has 2 rings (SSSR count). The summed E-state index contributed by atoms with van der Waals surface area (Å²) in [7, 11) is 0. The highest BCUT2D eigenvalue weighted by atomic mass is 19.3. The van der Waals surface area contributed by atoms with E-state index in [0.717, 1.165) is 13.0 Å². The van der Waals surface area contributed by atoms with Crippen molar-refractivity contribution in [3.05, 3.63) is 35.4 Å². The van der Waals surface area contributed by atoms with Crippen molar-refractivity contribution >= 4 is 0 Å². The maximum Gasteiger partial charge on any atom is 0.248 e. The minimum atomic E-state index is -2.45. The summed E-state index contributed by atoms with van der Waals surface area (Å²) in [5, 5.41) is 3.58. The number of aryl methyl sites for hydroxylation is 1. The second-order valence-corrected chi connectivity index (χ2v) is 5.98. The van der Waals surface area contributed by atoms with E-state index in [1.807, 2.05) is 12.1 Å². The molecule has 1 nitrogen and oxygen atoms in total. The number of alkyl halides is 2. The van der Waals surface area contributed by atoms with Gasteiger partial charge in [-0.1, -0.05) is 31.2 Å². The molecule has 0 amide bonds. The summed E-state index contributed by atoms with van der Waals surface area (Å²) in [4.78, 5) is 0. The Balaban J connectivity index is 2.14. The Hall–Kier alpha value is -0.960. The van der Waals surface area contributed by atoms with Crippen LogP contribution in [0.25, 0.3) is 0 Å². The maximum absolute atomic E-state index is 13.4. The molecule has 0 radical (unpaired) electrons. The van der Waals surface area contributed by atoms with Crippen LogP contribution in [0.3, 0.4) is 0 Å². The third kappa shape index (κ3) is 3.78. The van der Waals surface area contributed by atoms with E-state index < -0.39 is 5.92 Å². The van der Waals surface area contributed by atoms with Crippen molar-refractivity contribution in [2.24, 2.45) is 5.92 Å². The first-order valence-corrected chi connectivity index (χ1v) is 7.70. The van der Waals surface area contributed by atoms with Gasteiger partial charge >= 0.3 is 0 Å². The van der Waals surface area contributed by atoms with Crippen molar-refractivity contribution in [3.63, 3.8) is 0 Å². The molecule has 0 heterocycles. The number of halogens is 2. The third-order valence-corrected chi connectivity index (χ3v) is 4.37. The maximum atomic E-state index is 13.4. The SMILES string of the molecule is CCCNC(c1ccccc1C)C1CCC(F)(F)CC1. The zero-order valence-corrected chi connectivity index (χ0v) is 12.5. The monoisotopic (exact) mass is 281 g/mol. The van der Waals surface area contributed by atoms with Crippen molar-refractivity contribution in [1.29, 1.82) is 0 Å². The van der Waals surface area contributed by atoms with Gasteiger partial charge in [-0.15, -0.1) is 0 Å². The van der Waals surface area contributed by atoms with Gasteiger partial charge in [-0.25, -0.2) is 8.78 Å². The second-order valence-electron chi connectivity index (χ2n) is 5.98. The molecule has 0 aliphatic heterocycles. The first kappa shape index (κ1) is 15.4. The molecule has 20 heavy (non-hydrogen) atoms. The molecule has 1 aliphatic rings. The molecule has 0 spiro atoms. The Bertz CT molecular complexity index is 421. The molecule has 1 aliphatic carbocycles. The van der Waals surface area contributed by atoms with Gasteiger partial charge in [0.05, 0.1) is 0 Å². The Morgan fingerprint density at radius 2 is 1.90 bits per heavy atom. The van der Waals surface area contributed by atoms with Crippen molar-refractivity contribution in [3.8, 4) is 0 Å². The van der Waals surface area contributed by atoms with Crippen LogP contribution in [-0.2, 0) is 0 Å². The van der Waals surface area contributed by atoms with Crippen molar-refractivity contribution < 1.29 is 8.78 Å². The fourth-order valence-corrected chi connectivity index (χ4v) is 3.16. The molecule has 0 saturated heterocycles. The lowest BCUT2D eigenvalue weighted by Gasteiger charge is -2.35. The van der Waals surface area contributed by atoms with E-state index in [-0.39, 0.29) is 18.9 Å². The first-order chi connectivity index (χ1) is 9.53. The summed E-state index contributed by atoms with van der Waals surface area (Å²) < 4.78 is 26.7. The molecule has 1 saturated carbocycles. The molecule has 1 N–H and O–H groups in total. The van der Waals surface area contributed by atoms with E-state index in [0.29, 0.717) is 18.8 Å². The molecule has 1 unspecified atom stereocenters. The lowest BCUT2D eigenvalue weighted by atomic mass is 9.78. The van der Waals surface area contributed by atoms with Crippen LogP contribution in [0.2, 0.25) is 0 Å². The van der Waals surface area contributed by atoms with Crippen molar-refractivity contribution in [1.82, 2.24) is 5.32 Å². The largest absolute Gasteiger partial charge is 0.310 e. The number of rotatable bonds is 5. The first-order valence-electron chi connectivity index (χ1n) is 7.70. The molecular formula is C17H25F2N. The smallest absolute Gasteiger partial charge is 0.248 e. The van der Waals surface area contributed by atoms with E-state index in [1.54, 1.807) is 0 Å². The molecular weight excluding hydrogens is 256 g/mol. The summed E-state index contributed by atoms with van der Waals surface area (Å²) in [6.45, 7) is 5.18. The molecule has 0 aromatic heterocycles. The van der Waals surface area contributed by atoms with Crippen molar-refractivity contribution in [2.75, 3.05) is 6.54 Å². The lowest BCUT2D eigenvalue weighted by Crippen LogP contribution is -2.34. The van der Waals surface area contributed by atoms with Crippen LogP contribution >= 0.6 is 0 Å². The normalized spacial score (nSPS) is 20.8. The molecule has 1 aromatic carbocycles.